The summed E-state index contributed by atoms with van der Waals surface area (Å²) in [5.41, 5.74) is 0. The number of Topliss-reactive ketones (excluding diaryl/α,β-unsaturated/α-hetero) is 1. The zero-order valence-electron chi connectivity index (χ0n) is 10.4. The quantitative estimate of drug-likeness (QED) is 0.526. The van der Waals surface area contributed by atoms with Crippen LogP contribution in [0.2, 0.25) is 0 Å². The normalized spacial score (nSPS) is 23.1. The van der Waals surface area contributed by atoms with Gasteiger partial charge in [-0.05, 0) is 39.7 Å². The summed E-state index contributed by atoms with van der Waals surface area (Å²) in [6, 6.07) is -0.342. The van der Waals surface area contributed by atoms with E-state index in [-0.39, 0.29) is 5.78 Å². The molecule has 0 spiro atoms. The van der Waals surface area contributed by atoms with Crippen molar-refractivity contribution in [1.82, 2.24) is 4.90 Å². The summed E-state index contributed by atoms with van der Waals surface area (Å²) in [5.74, 6) is -0.505. The average molecular weight is 227 g/mol. The Morgan fingerprint density at radius 1 is 1.44 bits per heavy atom. The molecule has 0 aromatic heterocycles. The predicted octanol–water partition coefficient (Wildman–Crippen LogP) is 1.38. The van der Waals surface area contributed by atoms with Gasteiger partial charge < -0.3 is 4.74 Å². The number of esters is 1. The number of rotatable bonds is 5. The van der Waals surface area contributed by atoms with Crippen molar-refractivity contribution < 1.29 is 14.3 Å². The van der Waals surface area contributed by atoms with Crippen LogP contribution in [0.1, 0.15) is 40.0 Å². The highest BCUT2D eigenvalue weighted by Gasteiger charge is 2.37. The van der Waals surface area contributed by atoms with Crippen LogP contribution in [0.5, 0.6) is 0 Å². The van der Waals surface area contributed by atoms with Gasteiger partial charge in [0.15, 0.2) is 11.8 Å². The van der Waals surface area contributed by atoms with Crippen molar-refractivity contribution in [3.05, 3.63) is 0 Å². The summed E-state index contributed by atoms with van der Waals surface area (Å²) in [6.07, 6.45) is 3.10. The average Bonchev–Trinajstić information content (AvgIpc) is 2.66. The Morgan fingerprint density at radius 3 is 2.62 bits per heavy atom. The Balaban J connectivity index is 2.76. The van der Waals surface area contributed by atoms with E-state index >= 15 is 0 Å². The molecule has 1 aliphatic rings. The minimum absolute atomic E-state index is 0.112. The molecule has 1 aliphatic heterocycles. The Kier molecular flexibility index (Phi) is 4.93. The van der Waals surface area contributed by atoms with Gasteiger partial charge in [-0.25, -0.2) is 4.79 Å². The van der Waals surface area contributed by atoms with Crippen molar-refractivity contribution in [2.45, 2.75) is 52.1 Å². The molecule has 1 rings (SSSR count). The van der Waals surface area contributed by atoms with Crippen molar-refractivity contribution in [3.63, 3.8) is 0 Å². The van der Waals surface area contributed by atoms with Gasteiger partial charge in [0.05, 0.1) is 6.61 Å². The lowest BCUT2D eigenvalue weighted by atomic mass is 10.1. The van der Waals surface area contributed by atoms with Gasteiger partial charge in [0.2, 0.25) is 0 Å². The van der Waals surface area contributed by atoms with E-state index in [1.807, 2.05) is 4.90 Å². The van der Waals surface area contributed by atoms with E-state index in [0.717, 1.165) is 25.8 Å². The number of carbonyl (C=O) groups excluding carboxylic acids is 2. The van der Waals surface area contributed by atoms with Crippen LogP contribution in [0.25, 0.3) is 0 Å². The highest BCUT2D eigenvalue weighted by Crippen LogP contribution is 2.23. The summed E-state index contributed by atoms with van der Waals surface area (Å²) >= 11 is 0. The molecule has 1 heterocycles. The maximum absolute atomic E-state index is 11.7. The minimum atomic E-state index is -0.688. The first-order valence-corrected chi connectivity index (χ1v) is 6.04. The SMILES string of the molecule is CCOC(=O)C(C(C)=O)N1CCCC1CC. The van der Waals surface area contributed by atoms with E-state index in [1.54, 1.807) is 6.92 Å². The van der Waals surface area contributed by atoms with Crippen LogP contribution in [0.4, 0.5) is 0 Å². The predicted molar refractivity (Wildman–Crippen MR) is 61.1 cm³/mol. The first kappa shape index (κ1) is 13.2. The van der Waals surface area contributed by atoms with Gasteiger partial charge in [-0.3, -0.25) is 9.69 Å². The molecule has 1 fully saturated rings. The molecule has 92 valence electrons. The fourth-order valence-electron chi connectivity index (χ4n) is 2.39. The molecule has 0 aromatic rings. The van der Waals surface area contributed by atoms with Gasteiger partial charge in [0, 0.05) is 6.04 Å². The maximum atomic E-state index is 11.7. The molecule has 2 unspecified atom stereocenters. The zero-order valence-corrected chi connectivity index (χ0v) is 10.4. The van der Waals surface area contributed by atoms with Crippen LogP contribution >= 0.6 is 0 Å². The molecule has 0 bridgehead atoms. The third kappa shape index (κ3) is 2.82. The van der Waals surface area contributed by atoms with Crippen LogP contribution in [0.3, 0.4) is 0 Å². The molecule has 4 nitrogen and oxygen atoms in total. The van der Waals surface area contributed by atoms with Gasteiger partial charge in [0.1, 0.15) is 0 Å². The van der Waals surface area contributed by atoms with Crippen LogP contribution < -0.4 is 0 Å². The van der Waals surface area contributed by atoms with Gasteiger partial charge in [0.25, 0.3) is 0 Å². The van der Waals surface area contributed by atoms with Crippen LogP contribution in [-0.4, -0.2) is 41.9 Å². The first-order valence-electron chi connectivity index (χ1n) is 6.04. The third-order valence-electron chi connectivity index (χ3n) is 3.12. The van der Waals surface area contributed by atoms with Crippen LogP contribution in [0.15, 0.2) is 0 Å². The standard InChI is InChI=1S/C12H21NO3/c1-4-10-7-6-8-13(10)11(9(3)14)12(15)16-5-2/h10-11H,4-8H2,1-3H3. The number of likely N-dealkylation sites (tertiary alicyclic amines) is 1. The van der Waals surface area contributed by atoms with E-state index in [0.29, 0.717) is 12.6 Å². The van der Waals surface area contributed by atoms with Crippen molar-refractivity contribution in [3.8, 4) is 0 Å². The largest absolute Gasteiger partial charge is 0.464 e. The Bertz CT molecular complexity index is 265. The highest BCUT2D eigenvalue weighted by atomic mass is 16.5. The van der Waals surface area contributed by atoms with Crippen molar-refractivity contribution >= 4 is 11.8 Å². The summed E-state index contributed by atoms with van der Waals surface area (Å²) in [5, 5.41) is 0. The lowest BCUT2D eigenvalue weighted by molar-refractivity contribution is -0.153. The zero-order chi connectivity index (χ0) is 12.1. The Morgan fingerprint density at radius 2 is 2.12 bits per heavy atom. The van der Waals surface area contributed by atoms with E-state index in [4.69, 9.17) is 4.74 Å². The monoisotopic (exact) mass is 227 g/mol. The van der Waals surface area contributed by atoms with Crippen molar-refractivity contribution in [1.29, 1.82) is 0 Å². The summed E-state index contributed by atoms with van der Waals surface area (Å²) in [7, 11) is 0. The van der Waals surface area contributed by atoms with Crippen molar-refractivity contribution in [2.75, 3.05) is 13.2 Å². The number of ether oxygens (including phenoxy) is 1. The second kappa shape index (κ2) is 5.99. The maximum Gasteiger partial charge on any atom is 0.331 e. The van der Waals surface area contributed by atoms with Crippen LogP contribution in [-0.2, 0) is 14.3 Å². The second-order valence-corrected chi connectivity index (χ2v) is 4.21. The minimum Gasteiger partial charge on any atom is -0.464 e. The smallest absolute Gasteiger partial charge is 0.331 e. The molecule has 0 amide bonds. The van der Waals surface area contributed by atoms with Gasteiger partial charge in [-0.2, -0.15) is 0 Å². The molecule has 1 saturated heterocycles. The van der Waals surface area contributed by atoms with Crippen LogP contribution in [0, 0.1) is 0 Å². The van der Waals surface area contributed by atoms with E-state index in [2.05, 4.69) is 6.92 Å². The number of ketones is 1. The van der Waals surface area contributed by atoms with Gasteiger partial charge in [-0.15, -0.1) is 0 Å². The first-order chi connectivity index (χ1) is 7.61. The van der Waals surface area contributed by atoms with E-state index in [9.17, 15) is 9.59 Å². The molecular formula is C12H21NO3. The summed E-state index contributed by atoms with van der Waals surface area (Å²) < 4.78 is 4.97. The van der Waals surface area contributed by atoms with Crippen molar-refractivity contribution in [2.24, 2.45) is 0 Å². The molecule has 0 radical (unpaired) electrons. The summed E-state index contributed by atoms with van der Waals surface area (Å²) in [6.45, 7) is 6.46. The summed E-state index contributed by atoms with van der Waals surface area (Å²) in [4.78, 5) is 25.3. The van der Waals surface area contributed by atoms with E-state index in [1.165, 1.54) is 6.92 Å². The van der Waals surface area contributed by atoms with Gasteiger partial charge >= 0.3 is 5.97 Å². The number of hydrogen-bond acceptors (Lipinski definition) is 4. The Hall–Kier alpha value is -0.900. The number of hydrogen-bond donors (Lipinski definition) is 0. The number of carbonyl (C=O) groups is 2. The topological polar surface area (TPSA) is 46.6 Å². The fourth-order valence-corrected chi connectivity index (χ4v) is 2.39. The molecule has 4 heteroatoms. The number of nitrogens with zero attached hydrogens (tertiary/aromatic N) is 1. The molecule has 0 aliphatic carbocycles. The van der Waals surface area contributed by atoms with E-state index < -0.39 is 12.0 Å². The molecule has 0 N–H and O–H groups in total. The molecule has 2 atom stereocenters. The molecule has 0 saturated carbocycles. The fraction of sp³-hybridized carbons (Fsp3) is 0.833. The molecule has 16 heavy (non-hydrogen) atoms. The second-order valence-electron chi connectivity index (χ2n) is 4.21. The lowest BCUT2D eigenvalue weighted by Gasteiger charge is -2.29. The molecule has 0 aromatic carbocycles. The highest BCUT2D eigenvalue weighted by molar-refractivity contribution is 6.02. The lowest BCUT2D eigenvalue weighted by Crippen LogP contribution is -2.48. The Labute approximate surface area is 96.9 Å². The molecular weight excluding hydrogens is 206 g/mol. The third-order valence-corrected chi connectivity index (χ3v) is 3.12. The van der Waals surface area contributed by atoms with Gasteiger partial charge in [-0.1, -0.05) is 6.92 Å².